The first-order valence-electron chi connectivity index (χ1n) is 9.70. The molecular weight excluding hydrogens is 426 g/mol. The number of aryl methyl sites for hydroxylation is 1. The van der Waals surface area contributed by atoms with E-state index in [9.17, 15) is 32.3 Å². The molecular formula is C24H17F4NO3. The molecule has 3 aromatic rings. The summed E-state index contributed by atoms with van der Waals surface area (Å²) in [5.41, 5.74) is -0.727. The highest BCUT2D eigenvalue weighted by Crippen LogP contribution is 2.38. The molecule has 0 spiro atoms. The zero-order valence-electron chi connectivity index (χ0n) is 16.8. The van der Waals surface area contributed by atoms with Crippen molar-refractivity contribution in [2.45, 2.75) is 26.1 Å². The quantitative estimate of drug-likeness (QED) is 0.521. The summed E-state index contributed by atoms with van der Waals surface area (Å²) in [5, 5.41) is 9.97. The van der Waals surface area contributed by atoms with Crippen LogP contribution in [0.4, 0.5) is 17.6 Å². The molecule has 1 N–H and O–H groups in total. The number of hydrogen-bond donors (Lipinski definition) is 1. The second kappa shape index (κ2) is 7.78. The van der Waals surface area contributed by atoms with E-state index in [1.807, 2.05) is 0 Å². The number of fused-ring (bicyclic) bond motifs is 1. The van der Waals surface area contributed by atoms with E-state index in [0.717, 1.165) is 18.2 Å². The molecule has 0 atom stereocenters. The van der Waals surface area contributed by atoms with E-state index in [-0.39, 0.29) is 46.3 Å². The second-order valence-corrected chi connectivity index (χ2v) is 7.53. The fraction of sp³-hybridized carbons (Fsp3) is 0.167. The Labute approximate surface area is 180 Å². The van der Waals surface area contributed by atoms with E-state index in [1.165, 1.54) is 16.7 Å². The first-order chi connectivity index (χ1) is 15.1. The Morgan fingerprint density at radius 1 is 1.19 bits per heavy atom. The third-order valence-electron chi connectivity index (χ3n) is 5.47. The highest BCUT2D eigenvalue weighted by Gasteiger charge is 2.34. The van der Waals surface area contributed by atoms with Gasteiger partial charge < -0.3 is 9.67 Å². The maximum Gasteiger partial charge on any atom is 0.416 e. The average molecular weight is 443 g/mol. The number of aromatic carboxylic acids is 1. The number of halogens is 4. The van der Waals surface area contributed by atoms with Gasteiger partial charge in [-0.15, -0.1) is 0 Å². The molecule has 1 aromatic heterocycles. The summed E-state index contributed by atoms with van der Waals surface area (Å²) in [6.07, 6.45) is -0.132. The molecule has 0 bridgehead atoms. The van der Waals surface area contributed by atoms with Crippen LogP contribution in [0.25, 0.3) is 16.5 Å². The summed E-state index contributed by atoms with van der Waals surface area (Å²) in [6.45, 7) is 1.33. The standard InChI is InChI=1S/C24H17F4NO3/c1-13-5-4-6-14(21(13)25)12-29-18-10-9-15(24(26,27)28)11-17(18)20(22(29)23(31)32)16-7-2-3-8-19(16)30/h2-7,9-11H,8,12H2,1H3,(H,31,32). The number of rotatable bonds is 4. The van der Waals surface area contributed by atoms with Gasteiger partial charge in [-0.05, 0) is 30.7 Å². The second-order valence-electron chi connectivity index (χ2n) is 7.53. The molecule has 0 saturated heterocycles. The molecule has 1 aliphatic rings. The van der Waals surface area contributed by atoms with E-state index in [1.54, 1.807) is 31.2 Å². The lowest BCUT2D eigenvalue weighted by Crippen LogP contribution is -2.14. The van der Waals surface area contributed by atoms with Crippen LogP contribution in [-0.4, -0.2) is 21.4 Å². The van der Waals surface area contributed by atoms with Gasteiger partial charge in [-0.1, -0.05) is 36.4 Å². The number of Topliss-reactive ketones (excluding diaryl/α,β-unsaturated/α-hetero) is 1. The van der Waals surface area contributed by atoms with Crippen molar-refractivity contribution in [2.75, 3.05) is 0 Å². The molecule has 32 heavy (non-hydrogen) atoms. The summed E-state index contributed by atoms with van der Waals surface area (Å²) in [5.74, 6) is -2.37. The minimum absolute atomic E-state index is 0.00301. The molecule has 0 radical (unpaired) electrons. The van der Waals surface area contributed by atoms with Crippen molar-refractivity contribution >= 4 is 28.2 Å². The van der Waals surface area contributed by atoms with Crippen LogP contribution in [0, 0.1) is 12.7 Å². The minimum atomic E-state index is -4.66. The van der Waals surface area contributed by atoms with E-state index < -0.39 is 29.3 Å². The first-order valence-corrected chi connectivity index (χ1v) is 9.70. The van der Waals surface area contributed by atoms with Crippen molar-refractivity contribution in [3.05, 3.63) is 88.4 Å². The number of aromatic nitrogens is 1. The Morgan fingerprint density at radius 3 is 2.59 bits per heavy atom. The SMILES string of the molecule is Cc1cccc(Cn2c(C(=O)O)c(C3=CC=CCC3=O)c3cc(C(F)(F)F)ccc32)c1F. The summed E-state index contributed by atoms with van der Waals surface area (Å²) in [7, 11) is 0. The Hall–Kier alpha value is -3.68. The topological polar surface area (TPSA) is 59.3 Å². The lowest BCUT2D eigenvalue weighted by molar-refractivity contribution is -0.137. The molecule has 2 aromatic carbocycles. The molecule has 164 valence electrons. The van der Waals surface area contributed by atoms with Crippen molar-refractivity contribution in [1.29, 1.82) is 0 Å². The fourth-order valence-corrected chi connectivity index (χ4v) is 3.96. The summed E-state index contributed by atoms with van der Waals surface area (Å²) in [4.78, 5) is 24.8. The zero-order valence-corrected chi connectivity index (χ0v) is 16.8. The number of benzene rings is 2. The molecule has 4 rings (SSSR count). The van der Waals surface area contributed by atoms with Gasteiger partial charge in [0.05, 0.1) is 12.1 Å². The molecule has 0 unspecified atom stereocenters. The molecule has 1 heterocycles. The van der Waals surface area contributed by atoms with Gasteiger partial charge in [0.25, 0.3) is 0 Å². The highest BCUT2D eigenvalue weighted by molar-refractivity contribution is 6.27. The van der Waals surface area contributed by atoms with Crippen LogP contribution < -0.4 is 0 Å². The molecule has 0 aliphatic heterocycles. The van der Waals surface area contributed by atoms with Crippen molar-refractivity contribution in [2.24, 2.45) is 0 Å². The van der Waals surface area contributed by atoms with E-state index in [0.29, 0.717) is 5.56 Å². The number of nitrogens with zero attached hydrogens (tertiary/aromatic N) is 1. The average Bonchev–Trinajstić information content (AvgIpc) is 3.05. The maximum atomic E-state index is 14.7. The molecule has 0 fully saturated rings. The van der Waals surface area contributed by atoms with Gasteiger partial charge in [0.1, 0.15) is 11.5 Å². The van der Waals surface area contributed by atoms with Crippen LogP contribution in [-0.2, 0) is 17.5 Å². The monoisotopic (exact) mass is 443 g/mol. The normalized spacial score (nSPS) is 14.2. The number of ketones is 1. The number of alkyl halides is 3. The van der Waals surface area contributed by atoms with Gasteiger partial charge in [-0.3, -0.25) is 4.79 Å². The van der Waals surface area contributed by atoms with Gasteiger partial charge in [0.2, 0.25) is 0 Å². The number of carbonyl (C=O) groups excluding carboxylic acids is 1. The van der Waals surface area contributed by atoms with Crippen molar-refractivity contribution in [1.82, 2.24) is 4.57 Å². The van der Waals surface area contributed by atoms with Crippen LogP contribution >= 0.6 is 0 Å². The number of hydrogen-bond acceptors (Lipinski definition) is 2. The largest absolute Gasteiger partial charge is 0.477 e. The third-order valence-corrected chi connectivity index (χ3v) is 5.47. The van der Waals surface area contributed by atoms with E-state index >= 15 is 0 Å². The number of allylic oxidation sites excluding steroid dienone is 4. The Morgan fingerprint density at radius 2 is 1.94 bits per heavy atom. The highest BCUT2D eigenvalue weighted by atomic mass is 19.4. The molecule has 4 nitrogen and oxygen atoms in total. The summed E-state index contributed by atoms with van der Waals surface area (Å²) in [6, 6.07) is 7.50. The van der Waals surface area contributed by atoms with Crippen molar-refractivity contribution < 1.29 is 32.3 Å². The summed E-state index contributed by atoms with van der Waals surface area (Å²) >= 11 is 0. The Kier molecular flexibility index (Phi) is 5.24. The molecule has 8 heteroatoms. The number of carbonyl (C=O) groups is 2. The third kappa shape index (κ3) is 3.62. The van der Waals surface area contributed by atoms with E-state index in [4.69, 9.17) is 0 Å². The fourth-order valence-electron chi connectivity index (χ4n) is 3.96. The van der Waals surface area contributed by atoms with Crippen LogP contribution in [0.15, 0.2) is 54.6 Å². The summed E-state index contributed by atoms with van der Waals surface area (Å²) < 4.78 is 56.2. The minimum Gasteiger partial charge on any atom is -0.477 e. The Bertz CT molecular complexity index is 1330. The van der Waals surface area contributed by atoms with E-state index in [2.05, 4.69) is 0 Å². The van der Waals surface area contributed by atoms with Crippen LogP contribution in [0.5, 0.6) is 0 Å². The smallest absolute Gasteiger partial charge is 0.416 e. The van der Waals surface area contributed by atoms with Gasteiger partial charge >= 0.3 is 12.1 Å². The first kappa shape index (κ1) is 21.5. The van der Waals surface area contributed by atoms with Crippen LogP contribution in [0.1, 0.15) is 39.2 Å². The number of carboxylic acids is 1. The molecule has 0 amide bonds. The van der Waals surface area contributed by atoms with Gasteiger partial charge in [0.15, 0.2) is 5.78 Å². The van der Waals surface area contributed by atoms with Crippen LogP contribution in [0.3, 0.4) is 0 Å². The number of carboxylic acid groups (broad SMARTS) is 1. The van der Waals surface area contributed by atoms with Crippen molar-refractivity contribution in [3.8, 4) is 0 Å². The van der Waals surface area contributed by atoms with Crippen LogP contribution in [0.2, 0.25) is 0 Å². The molecule has 1 aliphatic carbocycles. The predicted molar refractivity (Wildman–Crippen MR) is 111 cm³/mol. The lowest BCUT2D eigenvalue weighted by atomic mass is 9.93. The predicted octanol–water partition coefficient (Wildman–Crippen LogP) is 5.77. The Balaban J connectivity index is 2.07. The van der Waals surface area contributed by atoms with Gasteiger partial charge in [0, 0.05) is 34.0 Å². The maximum absolute atomic E-state index is 14.7. The molecule has 0 saturated carbocycles. The zero-order chi connectivity index (χ0) is 23.2. The van der Waals surface area contributed by atoms with Gasteiger partial charge in [-0.2, -0.15) is 13.2 Å². The van der Waals surface area contributed by atoms with Crippen molar-refractivity contribution in [3.63, 3.8) is 0 Å². The van der Waals surface area contributed by atoms with Gasteiger partial charge in [-0.25, -0.2) is 9.18 Å². The lowest BCUT2D eigenvalue weighted by Gasteiger charge is -2.12.